The van der Waals surface area contributed by atoms with Crippen molar-refractivity contribution in [2.45, 2.75) is 173 Å². The van der Waals surface area contributed by atoms with Crippen molar-refractivity contribution >= 4 is 5.97 Å². The zero-order valence-electron chi connectivity index (χ0n) is 34.1. The highest BCUT2D eigenvalue weighted by atomic mass is 16.7. The largest absolute Gasteiger partial charge is 0.432 e. The number of esters is 1. The van der Waals surface area contributed by atoms with Crippen LogP contribution in [0.1, 0.15) is 106 Å². The molecule has 0 aromatic heterocycles. The molecule has 6 fully saturated rings. The first-order chi connectivity index (χ1) is 26.0. The summed E-state index contributed by atoms with van der Waals surface area (Å²) in [7, 11) is 0. The predicted octanol–water partition coefficient (Wildman–Crippen LogP) is 1.29. The van der Waals surface area contributed by atoms with Crippen LogP contribution in [0.4, 0.5) is 0 Å². The third kappa shape index (κ3) is 5.82. The average molecular weight is 797 g/mol. The van der Waals surface area contributed by atoms with Crippen LogP contribution in [-0.4, -0.2) is 139 Å². The molecule has 0 amide bonds. The fourth-order valence-corrected chi connectivity index (χ4v) is 13.6. The number of carbonyl (C=O) groups is 1. The van der Waals surface area contributed by atoms with E-state index in [2.05, 4.69) is 26.8 Å². The number of hydrogen-bond donors (Lipinski definition) is 9. The lowest BCUT2D eigenvalue weighted by Crippen LogP contribution is -2.70. The van der Waals surface area contributed by atoms with E-state index in [1.165, 1.54) is 0 Å². The molecule has 14 nitrogen and oxygen atoms in total. The summed E-state index contributed by atoms with van der Waals surface area (Å²) in [6.07, 6.45) is -5.58. The van der Waals surface area contributed by atoms with E-state index in [1.807, 2.05) is 27.7 Å². The second-order valence-corrected chi connectivity index (χ2v) is 20.6. The Morgan fingerprint density at radius 3 is 2.11 bits per heavy atom. The molecular formula is C42H68O14. The molecule has 14 heteroatoms. The molecule has 2 saturated heterocycles. The van der Waals surface area contributed by atoms with Gasteiger partial charge in [0, 0.05) is 11.3 Å². The fourth-order valence-electron chi connectivity index (χ4n) is 13.6. The van der Waals surface area contributed by atoms with Gasteiger partial charge in [0.25, 0.3) is 0 Å². The van der Waals surface area contributed by atoms with E-state index >= 15 is 0 Å². The number of carbonyl (C=O) groups excluding carboxylic acids is 1. The molecule has 0 aromatic rings. The van der Waals surface area contributed by atoms with Gasteiger partial charge in [0.2, 0.25) is 6.29 Å². The minimum absolute atomic E-state index is 0.0412. The summed E-state index contributed by atoms with van der Waals surface area (Å²) in [5, 5.41) is 96.4. The Balaban J connectivity index is 1.22. The van der Waals surface area contributed by atoms with E-state index in [1.54, 1.807) is 0 Å². The van der Waals surface area contributed by atoms with E-state index in [0.29, 0.717) is 38.5 Å². The monoisotopic (exact) mass is 796 g/mol. The molecule has 5 aliphatic carbocycles. The Morgan fingerprint density at radius 2 is 1.45 bits per heavy atom. The number of aliphatic hydroxyl groups is 9. The van der Waals surface area contributed by atoms with Crippen LogP contribution in [0.15, 0.2) is 11.6 Å². The molecule has 0 bridgehead atoms. The zero-order valence-corrected chi connectivity index (χ0v) is 34.1. The van der Waals surface area contributed by atoms with Gasteiger partial charge in [0.15, 0.2) is 6.29 Å². The molecule has 19 atom stereocenters. The summed E-state index contributed by atoms with van der Waals surface area (Å²) < 4.78 is 23.6. The molecule has 320 valence electrons. The predicted molar refractivity (Wildman–Crippen MR) is 199 cm³/mol. The van der Waals surface area contributed by atoms with E-state index in [-0.39, 0.29) is 35.9 Å². The van der Waals surface area contributed by atoms with Gasteiger partial charge in [0.1, 0.15) is 42.7 Å². The van der Waals surface area contributed by atoms with Crippen molar-refractivity contribution in [2.24, 2.45) is 50.2 Å². The van der Waals surface area contributed by atoms with Crippen LogP contribution < -0.4 is 0 Å². The van der Waals surface area contributed by atoms with E-state index < -0.39 is 107 Å². The number of fused-ring (bicyclic) bond motifs is 7. The third-order valence-electron chi connectivity index (χ3n) is 17.9. The maximum atomic E-state index is 14.7. The first kappa shape index (κ1) is 42.8. The Hall–Kier alpha value is -1.27. The van der Waals surface area contributed by atoms with Gasteiger partial charge in [-0.1, -0.05) is 53.2 Å². The standard InChI is InChI=1S/C42H68O14/c1-36(2)14-16-42(35(51)56-34-31(50)29(48)28(47)23(18-43)54-34)17-15-39(5)21(32(42)41(36,7)52)8-9-25-37(3)12-11-26(55-33-30(49)27(46)22(45)19-53-33)38(4,20-44)24(37)10-13-40(25,39)6/h8,22-34,43-50,52H,9-20H2,1-7H3. The highest BCUT2D eigenvalue weighted by molar-refractivity contribution is 5.79. The third-order valence-corrected chi connectivity index (χ3v) is 17.9. The van der Waals surface area contributed by atoms with Crippen molar-refractivity contribution < 1.29 is 69.7 Å². The fraction of sp³-hybridized carbons (Fsp3) is 0.929. The first-order valence-corrected chi connectivity index (χ1v) is 20.9. The van der Waals surface area contributed by atoms with Crippen LogP contribution in [0.5, 0.6) is 0 Å². The number of allylic oxidation sites excluding steroid dienone is 1. The molecule has 2 aliphatic heterocycles. The molecule has 0 radical (unpaired) electrons. The van der Waals surface area contributed by atoms with Crippen LogP contribution >= 0.6 is 0 Å². The number of rotatable bonds is 6. The molecular weight excluding hydrogens is 728 g/mol. The summed E-state index contributed by atoms with van der Waals surface area (Å²) in [6, 6.07) is 0. The van der Waals surface area contributed by atoms with E-state index in [4.69, 9.17) is 18.9 Å². The van der Waals surface area contributed by atoms with Crippen LogP contribution in [0, 0.1) is 50.2 Å². The second-order valence-electron chi connectivity index (χ2n) is 20.6. The Kier molecular flexibility index (Phi) is 10.8. The smallest absolute Gasteiger partial charge is 0.315 e. The van der Waals surface area contributed by atoms with Crippen molar-refractivity contribution in [3.8, 4) is 0 Å². The van der Waals surface area contributed by atoms with Crippen LogP contribution in [0.2, 0.25) is 0 Å². The minimum atomic E-state index is -1.74. The molecule has 19 unspecified atom stereocenters. The molecule has 7 aliphatic rings. The Morgan fingerprint density at radius 1 is 0.786 bits per heavy atom. The highest BCUT2D eigenvalue weighted by Crippen LogP contribution is 2.77. The van der Waals surface area contributed by atoms with Crippen LogP contribution in [0.3, 0.4) is 0 Å². The number of aliphatic hydroxyl groups excluding tert-OH is 8. The zero-order chi connectivity index (χ0) is 41.2. The molecule has 0 spiro atoms. The molecule has 7 rings (SSSR count). The van der Waals surface area contributed by atoms with Crippen molar-refractivity contribution in [3.05, 3.63) is 11.6 Å². The lowest BCUT2D eigenvalue weighted by Gasteiger charge is -2.72. The lowest BCUT2D eigenvalue weighted by molar-refractivity contribution is -0.313. The van der Waals surface area contributed by atoms with Gasteiger partial charge in [-0.25, -0.2) is 0 Å². The number of ether oxygens (including phenoxy) is 4. The van der Waals surface area contributed by atoms with Gasteiger partial charge in [-0.15, -0.1) is 0 Å². The van der Waals surface area contributed by atoms with Gasteiger partial charge in [0.05, 0.1) is 36.9 Å². The Labute approximate surface area is 330 Å². The van der Waals surface area contributed by atoms with Crippen LogP contribution in [0.25, 0.3) is 0 Å². The van der Waals surface area contributed by atoms with E-state index in [0.717, 1.165) is 24.8 Å². The average Bonchev–Trinajstić information content (AvgIpc) is 3.14. The molecule has 4 saturated carbocycles. The second kappa shape index (κ2) is 14.2. The normalized spacial score (nSPS) is 55.4. The van der Waals surface area contributed by atoms with Gasteiger partial charge in [-0.3, -0.25) is 4.79 Å². The van der Waals surface area contributed by atoms with Gasteiger partial charge < -0.3 is 64.9 Å². The number of hydrogen-bond acceptors (Lipinski definition) is 14. The first-order valence-electron chi connectivity index (χ1n) is 20.9. The maximum absolute atomic E-state index is 14.7. The summed E-state index contributed by atoms with van der Waals surface area (Å²) in [5.41, 5.74) is -3.68. The molecule has 9 N–H and O–H groups in total. The lowest BCUT2D eigenvalue weighted by atomic mass is 9.32. The van der Waals surface area contributed by atoms with Crippen LogP contribution in [-0.2, 0) is 23.7 Å². The molecule has 56 heavy (non-hydrogen) atoms. The summed E-state index contributed by atoms with van der Waals surface area (Å²) in [6.45, 7) is 14.0. The van der Waals surface area contributed by atoms with Crippen molar-refractivity contribution in [1.29, 1.82) is 0 Å². The summed E-state index contributed by atoms with van der Waals surface area (Å²) in [5.74, 6) is -1.06. The Bertz CT molecular complexity index is 1530. The summed E-state index contributed by atoms with van der Waals surface area (Å²) in [4.78, 5) is 14.7. The van der Waals surface area contributed by atoms with Crippen molar-refractivity contribution in [3.63, 3.8) is 0 Å². The quantitative estimate of drug-likeness (QED) is 0.105. The topological polar surface area (TPSA) is 236 Å². The van der Waals surface area contributed by atoms with Crippen molar-refractivity contribution in [2.75, 3.05) is 19.8 Å². The van der Waals surface area contributed by atoms with Gasteiger partial charge >= 0.3 is 5.97 Å². The van der Waals surface area contributed by atoms with Crippen molar-refractivity contribution in [1.82, 2.24) is 0 Å². The SMILES string of the molecule is CC1(CO)C(OC2OCC(O)C(O)C2O)CCC2(C)C1CCC1(C)C2CC=C2C3C(C(=O)OC4OC(CO)C(O)C(O)C4O)(CCC(C)(C)C3(C)O)CCC21C. The van der Waals surface area contributed by atoms with Gasteiger partial charge in [-0.2, -0.15) is 0 Å². The highest BCUT2D eigenvalue weighted by Gasteiger charge is 2.73. The minimum Gasteiger partial charge on any atom is -0.432 e. The molecule has 2 heterocycles. The summed E-state index contributed by atoms with van der Waals surface area (Å²) >= 11 is 0. The maximum Gasteiger partial charge on any atom is 0.315 e. The van der Waals surface area contributed by atoms with E-state index in [9.17, 15) is 50.8 Å². The molecule has 0 aromatic carbocycles. The van der Waals surface area contributed by atoms with Gasteiger partial charge in [-0.05, 0) is 98.2 Å².